The molecule has 0 aromatic heterocycles. The van der Waals surface area contributed by atoms with Crippen LogP contribution in [-0.4, -0.2) is 43.6 Å². The first-order valence-corrected chi connectivity index (χ1v) is 12.5. The molecular formula is C26H30Cl2N2O5. The van der Waals surface area contributed by atoms with Crippen molar-refractivity contribution < 1.29 is 23.9 Å². The number of hydrogen-bond donors (Lipinski definition) is 2. The third kappa shape index (κ3) is 7.61. The maximum atomic E-state index is 12.5. The Morgan fingerprint density at radius 1 is 0.914 bits per heavy atom. The number of aryl methyl sites for hydroxylation is 1. The van der Waals surface area contributed by atoms with Gasteiger partial charge in [-0.05, 0) is 81.5 Å². The van der Waals surface area contributed by atoms with Crippen molar-refractivity contribution in [3.8, 4) is 5.75 Å². The number of ether oxygens (including phenoxy) is 2. The summed E-state index contributed by atoms with van der Waals surface area (Å²) in [6, 6.07) is 10.00. The fourth-order valence-electron chi connectivity index (χ4n) is 3.96. The van der Waals surface area contributed by atoms with Gasteiger partial charge in [-0.25, -0.2) is 0 Å². The van der Waals surface area contributed by atoms with E-state index in [0.717, 1.165) is 31.2 Å². The number of carbonyl (C=O) groups is 3. The summed E-state index contributed by atoms with van der Waals surface area (Å²) in [7, 11) is 0. The van der Waals surface area contributed by atoms with Gasteiger partial charge in [-0.3, -0.25) is 14.4 Å². The van der Waals surface area contributed by atoms with E-state index < -0.39 is 0 Å². The van der Waals surface area contributed by atoms with Crippen LogP contribution in [-0.2, 0) is 9.53 Å². The fourth-order valence-corrected chi connectivity index (χ4v) is 4.33. The lowest BCUT2D eigenvalue weighted by molar-refractivity contribution is -0.149. The van der Waals surface area contributed by atoms with Crippen molar-refractivity contribution in [2.75, 3.05) is 19.7 Å². The number of amides is 2. The first-order chi connectivity index (χ1) is 16.8. The van der Waals surface area contributed by atoms with E-state index in [1.54, 1.807) is 36.4 Å². The van der Waals surface area contributed by atoms with Crippen molar-refractivity contribution in [2.24, 2.45) is 5.92 Å². The smallest absolute Gasteiger partial charge is 0.308 e. The van der Waals surface area contributed by atoms with Crippen molar-refractivity contribution in [2.45, 2.75) is 45.6 Å². The molecule has 0 radical (unpaired) electrons. The number of esters is 1. The average molecular weight is 521 g/mol. The summed E-state index contributed by atoms with van der Waals surface area (Å²) >= 11 is 12.3. The van der Waals surface area contributed by atoms with Crippen LogP contribution in [0, 0.1) is 12.8 Å². The van der Waals surface area contributed by atoms with Crippen LogP contribution >= 0.6 is 23.2 Å². The highest BCUT2D eigenvalue weighted by Crippen LogP contribution is 2.30. The summed E-state index contributed by atoms with van der Waals surface area (Å²) < 4.78 is 11.1. The van der Waals surface area contributed by atoms with Gasteiger partial charge in [-0.2, -0.15) is 0 Å². The van der Waals surface area contributed by atoms with E-state index in [-0.39, 0.29) is 47.9 Å². The molecule has 1 aliphatic carbocycles. The van der Waals surface area contributed by atoms with Crippen LogP contribution in [0.3, 0.4) is 0 Å². The van der Waals surface area contributed by atoms with Crippen LogP contribution in [0.25, 0.3) is 0 Å². The number of carbonyl (C=O) groups excluding carboxylic acids is 3. The maximum absolute atomic E-state index is 12.5. The molecule has 3 rings (SSSR count). The summed E-state index contributed by atoms with van der Waals surface area (Å²) in [5.41, 5.74) is 1.65. The minimum atomic E-state index is -0.340. The molecule has 2 N–H and O–H groups in total. The van der Waals surface area contributed by atoms with E-state index in [0.29, 0.717) is 28.5 Å². The highest BCUT2D eigenvalue weighted by Gasteiger charge is 2.28. The van der Waals surface area contributed by atoms with Gasteiger partial charge in [-0.15, -0.1) is 0 Å². The lowest BCUT2D eigenvalue weighted by Gasteiger charge is -2.27. The van der Waals surface area contributed by atoms with Gasteiger partial charge in [0.1, 0.15) is 5.75 Å². The molecule has 0 bridgehead atoms. The summed E-state index contributed by atoms with van der Waals surface area (Å²) in [5, 5.41) is 6.39. The van der Waals surface area contributed by atoms with Crippen LogP contribution in [0.5, 0.6) is 5.75 Å². The van der Waals surface area contributed by atoms with Gasteiger partial charge in [0, 0.05) is 23.7 Å². The maximum Gasteiger partial charge on any atom is 0.308 e. The summed E-state index contributed by atoms with van der Waals surface area (Å²) in [5.74, 6) is -0.201. The molecule has 2 amide bonds. The van der Waals surface area contributed by atoms with Crippen LogP contribution in [0.2, 0.25) is 10.0 Å². The van der Waals surface area contributed by atoms with Gasteiger partial charge >= 0.3 is 5.97 Å². The number of halogens is 2. The molecule has 1 fully saturated rings. The molecule has 2 aromatic rings. The van der Waals surface area contributed by atoms with Gasteiger partial charge < -0.3 is 20.1 Å². The zero-order valence-electron chi connectivity index (χ0n) is 19.9. The number of rotatable bonds is 9. The fraction of sp³-hybridized carbons (Fsp3) is 0.423. The van der Waals surface area contributed by atoms with E-state index >= 15 is 0 Å². The third-order valence-electron chi connectivity index (χ3n) is 5.90. The summed E-state index contributed by atoms with van der Waals surface area (Å²) in [4.78, 5) is 36.6. The first-order valence-electron chi connectivity index (χ1n) is 11.7. The van der Waals surface area contributed by atoms with Crippen molar-refractivity contribution in [1.82, 2.24) is 10.6 Å². The monoisotopic (exact) mass is 520 g/mol. The van der Waals surface area contributed by atoms with E-state index in [1.165, 1.54) is 0 Å². The van der Waals surface area contributed by atoms with Crippen LogP contribution in [0.4, 0.5) is 0 Å². The molecule has 0 spiro atoms. The number of benzene rings is 2. The molecule has 35 heavy (non-hydrogen) atoms. The molecule has 7 nitrogen and oxygen atoms in total. The third-order valence-corrected chi connectivity index (χ3v) is 6.64. The van der Waals surface area contributed by atoms with Crippen LogP contribution in [0.15, 0.2) is 36.4 Å². The highest BCUT2D eigenvalue weighted by atomic mass is 35.5. The minimum Gasteiger partial charge on any atom is -0.490 e. The van der Waals surface area contributed by atoms with Gasteiger partial charge in [-0.1, -0.05) is 23.2 Å². The van der Waals surface area contributed by atoms with Gasteiger partial charge in [0.15, 0.2) is 0 Å². The first kappa shape index (κ1) is 26.8. The quantitative estimate of drug-likeness (QED) is 0.359. The van der Waals surface area contributed by atoms with E-state index in [1.807, 2.05) is 13.8 Å². The molecule has 188 valence electrons. The zero-order chi connectivity index (χ0) is 25.4. The second-order valence-electron chi connectivity index (χ2n) is 8.46. The van der Waals surface area contributed by atoms with Gasteiger partial charge in [0.25, 0.3) is 11.8 Å². The summed E-state index contributed by atoms with van der Waals surface area (Å²) in [6.07, 6.45) is 2.96. The lowest BCUT2D eigenvalue weighted by atomic mass is 9.87. The Kier molecular flexibility index (Phi) is 9.81. The Labute approximate surface area is 215 Å². The van der Waals surface area contributed by atoms with Gasteiger partial charge in [0.2, 0.25) is 0 Å². The average Bonchev–Trinajstić information content (AvgIpc) is 2.84. The van der Waals surface area contributed by atoms with Crippen molar-refractivity contribution in [3.63, 3.8) is 0 Å². The molecule has 0 saturated heterocycles. The summed E-state index contributed by atoms with van der Waals surface area (Å²) in [6.45, 7) is 4.54. The Morgan fingerprint density at radius 2 is 1.60 bits per heavy atom. The zero-order valence-corrected chi connectivity index (χ0v) is 21.4. The normalized spacial score (nSPS) is 17.4. The molecule has 0 unspecified atom stereocenters. The van der Waals surface area contributed by atoms with E-state index in [4.69, 9.17) is 32.7 Å². The Hall–Kier alpha value is -2.77. The molecule has 2 aromatic carbocycles. The van der Waals surface area contributed by atoms with Crippen molar-refractivity contribution >= 4 is 41.0 Å². The molecule has 0 atom stereocenters. The van der Waals surface area contributed by atoms with Gasteiger partial charge in [0.05, 0.1) is 29.2 Å². The van der Waals surface area contributed by atoms with E-state index in [9.17, 15) is 14.4 Å². The SMILES string of the molecule is CCOC(=O)[C@H]1CC[C@@H](Oc2ccc(C(=O)NCCNC(=O)c3ccc(Cl)c(C)c3)c(Cl)c2)CC1. The molecule has 1 aliphatic rings. The lowest BCUT2D eigenvalue weighted by Crippen LogP contribution is -2.34. The van der Waals surface area contributed by atoms with Crippen LogP contribution in [0.1, 0.15) is 58.9 Å². The number of nitrogens with one attached hydrogen (secondary N) is 2. The Balaban J connectivity index is 1.43. The minimum absolute atomic E-state index is 0.00976. The highest BCUT2D eigenvalue weighted by molar-refractivity contribution is 6.34. The van der Waals surface area contributed by atoms with E-state index in [2.05, 4.69) is 10.6 Å². The number of hydrogen-bond acceptors (Lipinski definition) is 5. The predicted molar refractivity (Wildman–Crippen MR) is 135 cm³/mol. The molecule has 0 heterocycles. The second kappa shape index (κ2) is 12.8. The van der Waals surface area contributed by atoms with Crippen molar-refractivity contribution in [3.05, 3.63) is 63.1 Å². The Morgan fingerprint density at radius 3 is 2.23 bits per heavy atom. The Bertz CT molecular complexity index is 1070. The second-order valence-corrected chi connectivity index (χ2v) is 9.28. The molecule has 1 saturated carbocycles. The predicted octanol–water partition coefficient (Wildman–Crippen LogP) is 4.96. The van der Waals surface area contributed by atoms with Crippen molar-refractivity contribution in [1.29, 1.82) is 0 Å². The molecule has 0 aliphatic heterocycles. The topological polar surface area (TPSA) is 93.7 Å². The standard InChI is InChI=1S/C26H30Cl2N2O5/c1-3-34-26(33)17-4-7-19(8-5-17)35-20-9-10-21(23(28)15-20)25(32)30-13-12-29-24(31)18-6-11-22(27)16(2)14-18/h6,9-11,14-15,17,19H,3-5,7-8,12-13H2,1-2H3,(H,29,31)(H,30,32)/t17-,19+. The molecule has 9 heteroatoms. The van der Waals surface area contributed by atoms with Crippen LogP contribution < -0.4 is 15.4 Å². The molecular weight excluding hydrogens is 491 g/mol. The largest absolute Gasteiger partial charge is 0.490 e.